The van der Waals surface area contributed by atoms with Crippen molar-refractivity contribution in [3.63, 3.8) is 0 Å². The van der Waals surface area contributed by atoms with E-state index in [0.717, 1.165) is 55.4 Å². The van der Waals surface area contributed by atoms with Crippen LogP contribution in [0.4, 0.5) is 5.82 Å². The maximum Gasteiger partial charge on any atom is 0.250 e. The molecule has 0 atom stereocenters. The van der Waals surface area contributed by atoms with Gasteiger partial charge in [-0.25, -0.2) is 0 Å². The van der Waals surface area contributed by atoms with E-state index in [-0.39, 0.29) is 5.56 Å². The van der Waals surface area contributed by atoms with Gasteiger partial charge in [0, 0.05) is 57.6 Å². The third-order valence-corrected chi connectivity index (χ3v) is 5.27. The number of hydrogen-bond acceptors (Lipinski definition) is 5. The molecule has 2 aromatic heterocycles. The van der Waals surface area contributed by atoms with Gasteiger partial charge in [0.15, 0.2) is 5.82 Å². The summed E-state index contributed by atoms with van der Waals surface area (Å²) in [5, 5.41) is 8.86. The molecule has 1 saturated heterocycles. The monoisotopic (exact) mass is 375 g/mol. The summed E-state index contributed by atoms with van der Waals surface area (Å²) in [5.41, 5.74) is 4.33. The number of aromatic nitrogens is 3. The van der Waals surface area contributed by atoms with Crippen LogP contribution in [0.2, 0.25) is 0 Å². The molecule has 0 saturated carbocycles. The summed E-state index contributed by atoms with van der Waals surface area (Å²) in [6.07, 6.45) is 1.83. The van der Waals surface area contributed by atoms with Gasteiger partial charge in [0.2, 0.25) is 0 Å². The van der Waals surface area contributed by atoms with Crippen molar-refractivity contribution in [3.05, 3.63) is 76.2 Å². The number of hydrogen-bond donors (Lipinski definition) is 0. The SMILES string of the molecule is Cc1ccc(-c2ccc(N3CCN(Cc4ccn(C)c(=O)c4)CC3)nn2)cc1. The highest BCUT2D eigenvalue weighted by molar-refractivity contribution is 5.60. The van der Waals surface area contributed by atoms with Crippen molar-refractivity contribution in [1.82, 2.24) is 19.7 Å². The van der Waals surface area contributed by atoms with Gasteiger partial charge in [-0.3, -0.25) is 9.69 Å². The van der Waals surface area contributed by atoms with Gasteiger partial charge in [-0.05, 0) is 30.7 Å². The van der Waals surface area contributed by atoms with Crippen LogP contribution in [-0.4, -0.2) is 45.8 Å². The summed E-state index contributed by atoms with van der Waals surface area (Å²) in [6.45, 7) is 6.58. The molecule has 6 heteroatoms. The first-order valence-corrected chi connectivity index (χ1v) is 9.62. The van der Waals surface area contributed by atoms with Crippen molar-refractivity contribution in [2.45, 2.75) is 13.5 Å². The first-order valence-electron chi connectivity index (χ1n) is 9.62. The molecule has 0 amide bonds. The first kappa shape index (κ1) is 18.4. The van der Waals surface area contributed by atoms with Gasteiger partial charge in [0.1, 0.15) is 0 Å². The van der Waals surface area contributed by atoms with E-state index in [1.54, 1.807) is 17.7 Å². The topological polar surface area (TPSA) is 54.3 Å². The summed E-state index contributed by atoms with van der Waals surface area (Å²) < 4.78 is 1.60. The Hall–Kier alpha value is -2.99. The third kappa shape index (κ3) is 4.12. The van der Waals surface area contributed by atoms with Gasteiger partial charge in [-0.15, -0.1) is 10.2 Å². The number of anilines is 1. The molecule has 3 heterocycles. The van der Waals surface area contributed by atoms with Crippen molar-refractivity contribution in [2.75, 3.05) is 31.1 Å². The Balaban J connectivity index is 1.36. The highest BCUT2D eigenvalue weighted by Crippen LogP contribution is 2.20. The van der Waals surface area contributed by atoms with Gasteiger partial charge in [-0.1, -0.05) is 29.8 Å². The van der Waals surface area contributed by atoms with Crippen LogP contribution in [0.25, 0.3) is 11.3 Å². The molecule has 0 unspecified atom stereocenters. The second-order valence-electron chi connectivity index (χ2n) is 7.39. The zero-order valence-corrected chi connectivity index (χ0v) is 16.4. The Morgan fingerprint density at radius 1 is 0.929 bits per heavy atom. The van der Waals surface area contributed by atoms with Crippen LogP contribution in [0.3, 0.4) is 0 Å². The Morgan fingerprint density at radius 3 is 2.32 bits per heavy atom. The Kier molecular flexibility index (Phi) is 5.21. The van der Waals surface area contributed by atoms with E-state index in [4.69, 9.17) is 0 Å². The van der Waals surface area contributed by atoms with Crippen molar-refractivity contribution < 1.29 is 0 Å². The summed E-state index contributed by atoms with van der Waals surface area (Å²) >= 11 is 0. The van der Waals surface area contributed by atoms with E-state index in [1.807, 2.05) is 18.3 Å². The fourth-order valence-corrected chi connectivity index (χ4v) is 3.45. The van der Waals surface area contributed by atoms with Crippen LogP contribution in [0.15, 0.2) is 59.5 Å². The predicted molar refractivity (Wildman–Crippen MR) is 111 cm³/mol. The number of rotatable bonds is 4. The number of pyridine rings is 1. The van der Waals surface area contributed by atoms with Crippen LogP contribution < -0.4 is 10.5 Å². The normalized spacial score (nSPS) is 15.0. The minimum absolute atomic E-state index is 0.0417. The zero-order chi connectivity index (χ0) is 19.5. The molecule has 1 aliphatic heterocycles. The van der Waals surface area contributed by atoms with E-state index in [0.29, 0.717) is 0 Å². The molecule has 0 aliphatic carbocycles. The quantitative estimate of drug-likeness (QED) is 0.701. The Bertz CT molecular complexity index is 987. The van der Waals surface area contributed by atoms with E-state index in [1.165, 1.54) is 5.56 Å². The molecule has 28 heavy (non-hydrogen) atoms. The highest BCUT2D eigenvalue weighted by atomic mass is 16.1. The smallest absolute Gasteiger partial charge is 0.250 e. The highest BCUT2D eigenvalue weighted by Gasteiger charge is 2.18. The minimum atomic E-state index is 0.0417. The zero-order valence-electron chi connectivity index (χ0n) is 16.4. The van der Waals surface area contributed by atoms with Crippen molar-refractivity contribution >= 4 is 5.82 Å². The number of nitrogens with zero attached hydrogens (tertiary/aromatic N) is 5. The molecule has 1 fully saturated rings. The molecular weight excluding hydrogens is 350 g/mol. The molecule has 0 N–H and O–H groups in total. The van der Waals surface area contributed by atoms with Crippen LogP contribution in [0, 0.1) is 6.92 Å². The van der Waals surface area contributed by atoms with Gasteiger partial charge >= 0.3 is 0 Å². The fraction of sp³-hybridized carbons (Fsp3) is 0.318. The Morgan fingerprint density at radius 2 is 1.68 bits per heavy atom. The molecule has 0 spiro atoms. The minimum Gasteiger partial charge on any atom is -0.353 e. The van der Waals surface area contributed by atoms with E-state index in [9.17, 15) is 4.79 Å². The predicted octanol–water partition coefficient (Wildman–Crippen LogP) is 2.47. The van der Waals surface area contributed by atoms with Crippen LogP contribution in [-0.2, 0) is 13.6 Å². The second kappa shape index (κ2) is 7.94. The maximum absolute atomic E-state index is 11.8. The standard InChI is InChI=1S/C22H25N5O/c1-17-3-5-19(6-4-17)20-7-8-21(24-23-20)27-13-11-26(12-14-27)16-18-9-10-25(2)22(28)15-18/h3-10,15H,11-14,16H2,1-2H3. The fourth-order valence-electron chi connectivity index (χ4n) is 3.45. The van der Waals surface area contributed by atoms with Gasteiger partial charge in [0.25, 0.3) is 5.56 Å². The van der Waals surface area contributed by atoms with Crippen LogP contribution >= 0.6 is 0 Å². The van der Waals surface area contributed by atoms with Crippen molar-refractivity contribution in [2.24, 2.45) is 7.05 Å². The lowest BCUT2D eigenvalue weighted by Crippen LogP contribution is -2.46. The van der Waals surface area contributed by atoms with E-state index < -0.39 is 0 Å². The lowest BCUT2D eigenvalue weighted by Gasteiger charge is -2.35. The lowest BCUT2D eigenvalue weighted by atomic mass is 10.1. The molecule has 0 bridgehead atoms. The molecular formula is C22H25N5O. The van der Waals surface area contributed by atoms with Crippen molar-refractivity contribution in [3.8, 4) is 11.3 Å². The number of aryl methyl sites for hydroxylation is 2. The third-order valence-electron chi connectivity index (χ3n) is 5.27. The molecule has 144 valence electrons. The summed E-state index contributed by atoms with van der Waals surface area (Å²) in [6, 6.07) is 16.2. The Labute approximate surface area is 165 Å². The average molecular weight is 375 g/mol. The molecule has 1 aromatic carbocycles. The number of piperazine rings is 1. The average Bonchev–Trinajstić information content (AvgIpc) is 2.72. The summed E-state index contributed by atoms with van der Waals surface area (Å²) in [7, 11) is 1.77. The van der Waals surface area contributed by atoms with Gasteiger partial charge in [0.05, 0.1) is 5.69 Å². The molecule has 3 aromatic rings. The van der Waals surface area contributed by atoms with Crippen LogP contribution in [0.1, 0.15) is 11.1 Å². The molecule has 1 aliphatic rings. The van der Waals surface area contributed by atoms with Crippen LogP contribution in [0.5, 0.6) is 0 Å². The maximum atomic E-state index is 11.8. The largest absolute Gasteiger partial charge is 0.353 e. The summed E-state index contributed by atoms with van der Waals surface area (Å²) in [5.74, 6) is 0.920. The van der Waals surface area contributed by atoms with E-state index >= 15 is 0 Å². The number of benzene rings is 1. The first-order chi connectivity index (χ1) is 13.6. The van der Waals surface area contributed by atoms with Crippen molar-refractivity contribution in [1.29, 1.82) is 0 Å². The molecule has 6 nitrogen and oxygen atoms in total. The molecule has 0 radical (unpaired) electrons. The summed E-state index contributed by atoms with van der Waals surface area (Å²) in [4.78, 5) is 16.4. The lowest BCUT2D eigenvalue weighted by molar-refractivity contribution is 0.249. The second-order valence-corrected chi connectivity index (χ2v) is 7.39. The van der Waals surface area contributed by atoms with Gasteiger partial charge < -0.3 is 9.47 Å². The van der Waals surface area contributed by atoms with E-state index in [2.05, 4.69) is 57.3 Å². The molecule has 4 rings (SSSR count). The van der Waals surface area contributed by atoms with Gasteiger partial charge in [-0.2, -0.15) is 0 Å².